The summed E-state index contributed by atoms with van der Waals surface area (Å²) < 4.78 is 28.9. The van der Waals surface area contributed by atoms with E-state index in [0.717, 1.165) is 17.4 Å². The highest BCUT2D eigenvalue weighted by Crippen LogP contribution is 2.27. The van der Waals surface area contributed by atoms with Crippen LogP contribution in [0.15, 0.2) is 41.3 Å². The second-order valence-electron chi connectivity index (χ2n) is 5.86. The number of carbonyl (C=O) groups excluding carboxylic acids is 1. The summed E-state index contributed by atoms with van der Waals surface area (Å²) in [6, 6.07) is 9.57. The van der Waals surface area contributed by atoms with Crippen molar-refractivity contribution >= 4 is 27.3 Å². The van der Waals surface area contributed by atoms with Crippen LogP contribution in [0.3, 0.4) is 0 Å². The highest BCUT2D eigenvalue weighted by atomic mass is 35.5. The fourth-order valence-corrected chi connectivity index (χ4v) is 3.78. The van der Waals surface area contributed by atoms with Gasteiger partial charge in [-0.2, -0.15) is 0 Å². The van der Waals surface area contributed by atoms with Crippen molar-refractivity contribution in [1.82, 2.24) is 5.32 Å². The van der Waals surface area contributed by atoms with Gasteiger partial charge in [-0.15, -0.1) is 0 Å². The summed E-state index contributed by atoms with van der Waals surface area (Å²) in [6.45, 7) is 3.79. The Bertz CT molecular complexity index is 909. The van der Waals surface area contributed by atoms with Crippen LogP contribution >= 0.6 is 11.6 Å². The smallest absolute Gasteiger partial charge is 0.251 e. The topological polar surface area (TPSA) is 72.5 Å². The predicted molar refractivity (Wildman–Crippen MR) is 98.2 cm³/mol. The molecule has 134 valence electrons. The second kappa shape index (κ2) is 7.45. The van der Waals surface area contributed by atoms with Gasteiger partial charge in [-0.25, -0.2) is 8.42 Å². The fraction of sp³-hybridized carbons (Fsp3) is 0.278. The first-order chi connectivity index (χ1) is 11.6. The molecule has 0 saturated heterocycles. The van der Waals surface area contributed by atoms with Gasteiger partial charge in [0.1, 0.15) is 5.75 Å². The second-order valence-corrected chi connectivity index (χ2v) is 8.25. The molecule has 1 N–H and O–H groups in total. The van der Waals surface area contributed by atoms with Gasteiger partial charge in [-0.3, -0.25) is 4.79 Å². The summed E-state index contributed by atoms with van der Waals surface area (Å²) in [5, 5.41) is 2.95. The molecule has 0 bridgehead atoms. The zero-order valence-corrected chi connectivity index (χ0v) is 16.0. The number of rotatable bonds is 5. The van der Waals surface area contributed by atoms with E-state index in [1.54, 1.807) is 7.11 Å². The minimum Gasteiger partial charge on any atom is -0.496 e. The largest absolute Gasteiger partial charge is 0.496 e. The van der Waals surface area contributed by atoms with Crippen LogP contribution < -0.4 is 10.1 Å². The summed E-state index contributed by atoms with van der Waals surface area (Å²) in [5.74, 6) is 0.281. The van der Waals surface area contributed by atoms with E-state index in [-0.39, 0.29) is 21.5 Å². The van der Waals surface area contributed by atoms with Crippen LogP contribution in [-0.4, -0.2) is 27.7 Å². The van der Waals surface area contributed by atoms with Crippen molar-refractivity contribution in [3.63, 3.8) is 0 Å². The SMILES string of the molecule is COc1ccc(C)cc1C(C)NC(=O)c1ccc(Cl)c(S(C)(=O)=O)c1. The molecule has 1 atom stereocenters. The number of amides is 1. The molecule has 1 unspecified atom stereocenters. The molecule has 1 amide bonds. The molecule has 25 heavy (non-hydrogen) atoms. The third kappa shape index (κ3) is 4.52. The monoisotopic (exact) mass is 381 g/mol. The molecule has 2 rings (SSSR count). The average Bonchev–Trinajstić information content (AvgIpc) is 2.53. The van der Waals surface area contributed by atoms with Crippen LogP contribution in [0.25, 0.3) is 0 Å². The number of methoxy groups -OCH3 is 1. The molecule has 0 heterocycles. The Labute approximate surface area is 152 Å². The first kappa shape index (κ1) is 19.3. The van der Waals surface area contributed by atoms with Crippen molar-refractivity contribution in [3.05, 3.63) is 58.1 Å². The van der Waals surface area contributed by atoms with E-state index in [9.17, 15) is 13.2 Å². The molecular formula is C18H20ClNO4S. The maximum atomic E-state index is 12.5. The molecule has 0 spiro atoms. The molecule has 0 aromatic heterocycles. The minimum atomic E-state index is -3.52. The summed E-state index contributed by atoms with van der Waals surface area (Å²) >= 11 is 5.92. The highest BCUT2D eigenvalue weighted by Gasteiger charge is 2.19. The number of carbonyl (C=O) groups is 1. The Morgan fingerprint density at radius 2 is 1.88 bits per heavy atom. The number of sulfone groups is 1. The van der Waals surface area contributed by atoms with Crippen LogP contribution in [0.5, 0.6) is 5.75 Å². The van der Waals surface area contributed by atoms with Gasteiger partial charge >= 0.3 is 0 Å². The van der Waals surface area contributed by atoms with E-state index in [4.69, 9.17) is 16.3 Å². The molecule has 2 aromatic rings. The van der Waals surface area contributed by atoms with E-state index in [0.29, 0.717) is 5.75 Å². The normalized spacial score (nSPS) is 12.5. The van der Waals surface area contributed by atoms with E-state index >= 15 is 0 Å². The molecular weight excluding hydrogens is 362 g/mol. The summed E-state index contributed by atoms with van der Waals surface area (Å²) in [6.07, 6.45) is 1.05. The average molecular weight is 382 g/mol. The van der Waals surface area contributed by atoms with Crippen LogP contribution in [-0.2, 0) is 9.84 Å². The minimum absolute atomic E-state index is 0.0670. The van der Waals surface area contributed by atoms with Gasteiger partial charge in [-0.05, 0) is 38.1 Å². The Balaban J connectivity index is 2.30. The summed E-state index contributed by atoms with van der Waals surface area (Å²) in [7, 11) is -1.95. The van der Waals surface area contributed by atoms with E-state index in [2.05, 4.69) is 5.32 Å². The van der Waals surface area contributed by atoms with Gasteiger partial charge in [0.25, 0.3) is 5.91 Å². The Morgan fingerprint density at radius 3 is 2.48 bits per heavy atom. The van der Waals surface area contributed by atoms with Crippen molar-refractivity contribution in [2.24, 2.45) is 0 Å². The number of nitrogens with one attached hydrogen (secondary N) is 1. The lowest BCUT2D eigenvalue weighted by Crippen LogP contribution is -2.27. The number of hydrogen-bond acceptors (Lipinski definition) is 4. The van der Waals surface area contributed by atoms with E-state index in [1.807, 2.05) is 32.0 Å². The zero-order chi connectivity index (χ0) is 18.8. The lowest BCUT2D eigenvalue weighted by molar-refractivity contribution is 0.0939. The zero-order valence-electron chi connectivity index (χ0n) is 14.5. The maximum absolute atomic E-state index is 12.5. The standard InChI is InChI=1S/C18H20ClNO4S/c1-11-5-8-16(24-3)14(9-11)12(2)20-18(21)13-6-7-15(19)17(10-13)25(4,22)23/h5-10,12H,1-4H3,(H,20,21). The lowest BCUT2D eigenvalue weighted by atomic mass is 10.0. The Morgan fingerprint density at radius 1 is 1.20 bits per heavy atom. The Kier molecular flexibility index (Phi) is 5.75. The maximum Gasteiger partial charge on any atom is 0.251 e. The molecule has 2 aromatic carbocycles. The quantitative estimate of drug-likeness (QED) is 0.859. The van der Waals surface area contributed by atoms with Crippen molar-refractivity contribution < 1.29 is 17.9 Å². The number of hydrogen-bond donors (Lipinski definition) is 1. The van der Waals surface area contributed by atoms with Crippen molar-refractivity contribution in [2.75, 3.05) is 13.4 Å². The molecule has 0 aliphatic carbocycles. The number of ether oxygens (including phenoxy) is 1. The Hall–Kier alpha value is -2.05. The first-order valence-electron chi connectivity index (χ1n) is 7.58. The van der Waals surface area contributed by atoms with Gasteiger partial charge in [0.15, 0.2) is 9.84 Å². The van der Waals surface area contributed by atoms with E-state index < -0.39 is 15.7 Å². The third-order valence-electron chi connectivity index (χ3n) is 3.79. The number of aryl methyl sites for hydroxylation is 1. The van der Waals surface area contributed by atoms with Crippen LogP contribution in [0, 0.1) is 6.92 Å². The van der Waals surface area contributed by atoms with Crippen molar-refractivity contribution in [1.29, 1.82) is 0 Å². The summed E-state index contributed by atoms with van der Waals surface area (Å²) in [4.78, 5) is 12.4. The molecule has 0 aliphatic heterocycles. The van der Waals surface area contributed by atoms with Crippen LogP contribution in [0.4, 0.5) is 0 Å². The molecule has 0 radical (unpaired) electrons. The van der Waals surface area contributed by atoms with Gasteiger partial charge in [0.05, 0.1) is 23.1 Å². The highest BCUT2D eigenvalue weighted by molar-refractivity contribution is 7.90. The van der Waals surface area contributed by atoms with Crippen LogP contribution in [0.2, 0.25) is 5.02 Å². The molecule has 5 nitrogen and oxygen atoms in total. The molecule has 0 saturated carbocycles. The van der Waals surface area contributed by atoms with Gasteiger partial charge in [0, 0.05) is 17.4 Å². The van der Waals surface area contributed by atoms with Crippen molar-refractivity contribution in [3.8, 4) is 5.75 Å². The first-order valence-corrected chi connectivity index (χ1v) is 9.85. The van der Waals surface area contributed by atoms with E-state index in [1.165, 1.54) is 18.2 Å². The van der Waals surface area contributed by atoms with Gasteiger partial charge in [0.2, 0.25) is 0 Å². The summed E-state index contributed by atoms with van der Waals surface area (Å²) in [5.41, 5.74) is 2.11. The third-order valence-corrected chi connectivity index (χ3v) is 5.37. The van der Waals surface area contributed by atoms with Gasteiger partial charge < -0.3 is 10.1 Å². The molecule has 7 heteroatoms. The van der Waals surface area contributed by atoms with Gasteiger partial charge in [-0.1, -0.05) is 29.3 Å². The predicted octanol–water partition coefficient (Wildman–Crippen LogP) is 3.55. The fourth-order valence-electron chi connectivity index (χ4n) is 2.48. The number of halogens is 1. The van der Waals surface area contributed by atoms with Crippen LogP contribution in [0.1, 0.15) is 34.5 Å². The molecule has 0 aliphatic rings. The molecule has 0 fully saturated rings. The van der Waals surface area contributed by atoms with Crippen molar-refractivity contribution in [2.45, 2.75) is 24.8 Å². The lowest BCUT2D eigenvalue weighted by Gasteiger charge is -2.18. The number of benzene rings is 2.